The van der Waals surface area contributed by atoms with E-state index in [1.807, 2.05) is 30.3 Å². The Morgan fingerprint density at radius 1 is 1.46 bits per heavy atom. The average Bonchev–Trinajstić information content (AvgIpc) is 2.04. The number of benzene rings is 1. The van der Waals surface area contributed by atoms with Crippen LogP contribution in [0, 0.1) is 0 Å². The normalized spacial score (nSPS) is 9.31. The van der Waals surface area contributed by atoms with Crippen LogP contribution in [0.15, 0.2) is 30.3 Å². The minimum Gasteiger partial charge on any atom is -0.493 e. The third kappa shape index (κ3) is 3.62. The zero-order valence-corrected chi connectivity index (χ0v) is 7.01. The predicted molar refractivity (Wildman–Crippen MR) is 48.8 cm³/mol. The van der Waals surface area contributed by atoms with E-state index in [1.54, 1.807) is 0 Å². The summed E-state index contributed by atoms with van der Waals surface area (Å²) in [7, 11) is -1.17. The van der Waals surface area contributed by atoms with Crippen molar-refractivity contribution in [1.82, 2.24) is 0 Å². The first-order chi connectivity index (χ1) is 6.18. The van der Waals surface area contributed by atoms with Crippen molar-refractivity contribution < 1.29 is 14.5 Å². The highest BCUT2D eigenvalue weighted by Gasteiger charge is 2.17. The van der Waals surface area contributed by atoms with E-state index < -0.39 is 13.2 Å². The molecule has 1 rings (SSSR count). The van der Waals surface area contributed by atoms with Crippen molar-refractivity contribution in [2.24, 2.45) is 5.73 Å². The summed E-state index contributed by atoms with van der Waals surface area (Å²) in [5.41, 5.74) is 5.61. The van der Waals surface area contributed by atoms with Gasteiger partial charge in [0.15, 0.2) is 0 Å². The quantitative estimate of drug-likeness (QED) is 0.657. The first-order valence-corrected chi connectivity index (χ1v) is 3.86. The summed E-state index contributed by atoms with van der Waals surface area (Å²) in [6.07, 6.45) is -0.715. The molecule has 1 aromatic carbocycles. The van der Waals surface area contributed by atoms with Crippen molar-refractivity contribution in [3.05, 3.63) is 35.9 Å². The van der Waals surface area contributed by atoms with Gasteiger partial charge in [0.2, 0.25) is 0 Å². The van der Waals surface area contributed by atoms with Gasteiger partial charge >= 0.3 is 13.2 Å². The largest absolute Gasteiger partial charge is 0.530 e. The van der Waals surface area contributed by atoms with Crippen molar-refractivity contribution in [3.63, 3.8) is 0 Å². The summed E-state index contributed by atoms with van der Waals surface area (Å²) in [5, 5.41) is 9.15. The lowest BCUT2D eigenvalue weighted by molar-refractivity contribution is 0.201. The molecular weight excluding hydrogens is 169 g/mol. The van der Waals surface area contributed by atoms with Gasteiger partial charge in [-0.3, -0.25) is 0 Å². The monoisotopic (exact) mass is 179 g/mol. The Hall–Kier alpha value is -1.49. The van der Waals surface area contributed by atoms with Crippen molar-refractivity contribution in [2.45, 2.75) is 6.32 Å². The topological polar surface area (TPSA) is 72.6 Å². The molecule has 0 aliphatic carbocycles. The summed E-state index contributed by atoms with van der Waals surface area (Å²) < 4.78 is 4.35. The maximum absolute atomic E-state index is 10.2. The summed E-state index contributed by atoms with van der Waals surface area (Å²) in [6.45, 7) is 0. The van der Waals surface area contributed by atoms with E-state index in [1.165, 1.54) is 0 Å². The molecule has 0 aromatic heterocycles. The highest BCUT2D eigenvalue weighted by molar-refractivity contribution is 6.44. The minimum absolute atomic E-state index is 0.254. The van der Waals surface area contributed by atoms with Crippen molar-refractivity contribution in [2.75, 3.05) is 0 Å². The second-order valence-corrected chi connectivity index (χ2v) is 2.58. The third-order valence-corrected chi connectivity index (χ3v) is 1.51. The fourth-order valence-corrected chi connectivity index (χ4v) is 0.991. The maximum Gasteiger partial charge on any atom is 0.530 e. The van der Waals surface area contributed by atoms with E-state index >= 15 is 0 Å². The van der Waals surface area contributed by atoms with Crippen LogP contribution in [-0.4, -0.2) is 18.2 Å². The molecule has 0 spiro atoms. The Morgan fingerprint density at radius 3 is 2.62 bits per heavy atom. The Labute approximate surface area is 76.5 Å². The van der Waals surface area contributed by atoms with E-state index in [2.05, 4.69) is 4.65 Å². The molecule has 0 atom stereocenters. The van der Waals surface area contributed by atoms with Gasteiger partial charge in [0.1, 0.15) is 0 Å². The molecule has 0 heterocycles. The van der Waals surface area contributed by atoms with E-state index in [9.17, 15) is 4.79 Å². The first-order valence-electron chi connectivity index (χ1n) is 3.86. The zero-order chi connectivity index (χ0) is 9.68. The van der Waals surface area contributed by atoms with Crippen LogP contribution < -0.4 is 5.73 Å². The number of hydrogen-bond acceptors (Lipinski definition) is 3. The van der Waals surface area contributed by atoms with E-state index in [-0.39, 0.29) is 6.32 Å². The van der Waals surface area contributed by atoms with Crippen LogP contribution in [0.4, 0.5) is 4.79 Å². The number of carbonyl (C=O) groups is 1. The Bertz CT molecular complexity index is 278. The summed E-state index contributed by atoms with van der Waals surface area (Å²) >= 11 is 0. The van der Waals surface area contributed by atoms with Gasteiger partial charge in [-0.05, 0) is 5.56 Å². The molecule has 0 saturated carbocycles. The Kier molecular flexibility index (Phi) is 3.34. The number of hydrogen-bond donors (Lipinski definition) is 2. The zero-order valence-electron chi connectivity index (χ0n) is 7.01. The Morgan fingerprint density at radius 2 is 2.08 bits per heavy atom. The lowest BCUT2D eigenvalue weighted by Gasteiger charge is -2.04. The maximum atomic E-state index is 10.2. The molecule has 3 N–H and O–H groups in total. The van der Waals surface area contributed by atoms with Gasteiger partial charge in [0.05, 0.1) is 0 Å². The molecule has 0 saturated heterocycles. The summed E-state index contributed by atoms with van der Waals surface area (Å²) in [6, 6.07) is 9.20. The molecule has 13 heavy (non-hydrogen) atoms. The molecule has 0 bridgehead atoms. The van der Waals surface area contributed by atoms with E-state index in [0.717, 1.165) is 5.56 Å². The van der Waals surface area contributed by atoms with Crippen LogP contribution in [0.3, 0.4) is 0 Å². The van der Waals surface area contributed by atoms with Crippen LogP contribution in [0.5, 0.6) is 0 Å². The number of nitrogens with two attached hydrogens (primary N) is 1. The number of primary amides is 1. The van der Waals surface area contributed by atoms with Crippen LogP contribution in [0.25, 0.3) is 0 Å². The number of carbonyl (C=O) groups excluding carboxylic acids is 1. The van der Waals surface area contributed by atoms with Crippen molar-refractivity contribution in [1.29, 1.82) is 0 Å². The molecule has 4 nitrogen and oxygen atoms in total. The fourth-order valence-electron chi connectivity index (χ4n) is 0.991. The average molecular weight is 179 g/mol. The van der Waals surface area contributed by atoms with Crippen LogP contribution in [0.1, 0.15) is 5.56 Å². The van der Waals surface area contributed by atoms with Crippen LogP contribution in [-0.2, 0) is 11.0 Å². The molecule has 0 fully saturated rings. The fraction of sp³-hybridized carbons (Fsp3) is 0.125. The molecule has 0 aliphatic heterocycles. The Balaban J connectivity index is 2.45. The molecule has 5 heteroatoms. The molecule has 68 valence electrons. The SMILES string of the molecule is NC(=O)OB(O)Cc1ccccc1. The van der Waals surface area contributed by atoms with Gasteiger partial charge in [-0.25, -0.2) is 4.79 Å². The summed E-state index contributed by atoms with van der Waals surface area (Å²) in [5.74, 6) is 0. The predicted octanol–water partition coefficient (Wildman–Crippen LogP) is 0.344. The lowest BCUT2D eigenvalue weighted by Crippen LogP contribution is -2.28. The van der Waals surface area contributed by atoms with Gasteiger partial charge in [-0.2, -0.15) is 0 Å². The smallest absolute Gasteiger partial charge is 0.493 e. The second-order valence-electron chi connectivity index (χ2n) is 2.58. The molecule has 1 aromatic rings. The standard InChI is InChI=1S/C8H10BNO3/c10-8(11)13-9(12)6-7-4-2-1-3-5-7/h1-5,12H,6H2,(H2,10,11). The molecule has 0 radical (unpaired) electrons. The number of amides is 1. The highest BCUT2D eigenvalue weighted by Crippen LogP contribution is 2.01. The van der Waals surface area contributed by atoms with Gasteiger partial charge in [-0.15, -0.1) is 0 Å². The van der Waals surface area contributed by atoms with Gasteiger partial charge in [0.25, 0.3) is 0 Å². The van der Waals surface area contributed by atoms with Crippen molar-refractivity contribution >= 4 is 13.2 Å². The van der Waals surface area contributed by atoms with E-state index in [4.69, 9.17) is 10.8 Å². The summed E-state index contributed by atoms with van der Waals surface area (Å²) in [4.78, 5) is 10.2. The number of rotatable bonds is 3. The lowest BCUT2D eigenvalue weighted by atomic mass is 9.81. The minimum atomic E-state index is -1.17. The van der Waals surface area contributed by atoms with Gasteiger partial charge in [0, 0.05) is 6.32 Å². The van der Waals surface area contributed by atoms with Crippen LogP contribution in [0.2, 0.25) is 0 Å². The molecule has 1 amide bonds. The highest BCUT2D eigenvalue weighted by atomic mass is 16.6. The third-order valence-electron chi connectivity index (χ3n) is 1.51. The molecule has 0 aliphatic rings. The molecule has 0 unspecified atom stereocenters. The van der Waals surface area contributed by atoms with Crippen LogP contribution >= 0.6 is 0 Å². The molecular formula is C8H10BNO3. The first kappa shape index (κ1) is 9.60. The van der Waals surface area contributed by atoms with Gasteiger partial charge in [-0.1, -0.05) is 30.3 Å². The van der Waals surface area contributed by atoms with Gasteiger partial charge < -0.3 is 15.4 Å². The van der Waals surface area contributed by atoms with E-state index in [0.29, 0.717) is 0 Å². The second kappa shape index (κ2) is 4.52. The van der Waals surface area contributed by atoms with Crippen molar-refractivity contribution in [3.8, 4) is 0 Å².